The Bertz CT molecular complexity index is 1830. The number of nitrogens with two attached hydrogens (primary N) is 1. The second-order valence-electron chi connectivity index (χ2n) is 9.04. The van der Waals surface area contributed by atoms with Gasteiger partial charge in [0.1, 0.15) is 11.2 Å². The van der Waals surface area contributed by atoms with E-state index < -0.39 is 0 Å². The number of nitrogen functional groups attached to an aromatic ring is 1. The van der Waals surface area contributed by atoms with Crippen molar-refractivity contribution in [2.24, 2.45) is 7.05 Å². The third-order valence-corrected chi connectivity index (χ3v) is 6.39. The van der Waals surface area contributed by atoms with Gasteiger partial charge in [-0.3, -0.25) is 14.4 Å². The number of nitriles is 1. The van der Waals surface area contributed by atoms with Gasteiger partial charge in [0.25, 0.3) is 17.4 Å². The molecule has 5 rings (SSSR count). The number of nitrogens with zero attached hydrogens (tertiary/aromatic N) is 2. The summed E-state index contributed by atoms with van der Waals surface area (Å²) in [6, 6.07) is 24.7. The van der Waals surface area contributed by atoms with Gasteiger partial charge in [-0.15, -0.1) is 0 Å². The number of hydrogen-bond donors (Lipinski definition) is 4. The van der Waals surface area contributed by atoms with Crippen molar-refractivity contribution in [2.45, 2.75) is 6.54 Å². The number of aromatic amines is 1. The Balaban J connectivity index is 1.32. The van der Waals surface area contributed by atoms with E-state index in [1.54, 1.807) is 86.0 Å². The zero-order chi connectivity index (χ0) is 27.5. The summed E-state index contributed by atoms with van der Waals surface area (Å²) in [5.41, 5.74) is 10.4. The quantitative estimate of drug-likeness (QED) is 0.250. The largest absolute Gasteiger partial charge is 0.397 e. The molecule has 0 unspecified atom stereocenters. The summed E-state index contributed by atoms with van der Waals surface area (Å²) in [6.07, 6.45) is 1.69. The third kappa shape index (κ3) is 5.12. The molecular weight excluding hydrogens is 492 g/mol. The number of H-pyrrole nitrogens is 1. The van der Waals surface area contributed by atoms with E-state index in [1.165, 1.54) is 4.57 Å². The van der Waals surface area contributed by atoms with Crippen molar-refractivity contribution in [1.82, 2.24) is 14.9 Å². The maximum absolute atomic E-state index is 13.0. The van der Waals surface area contributed by atoms with Crippen LogP contribution in [-0.4, -0.2) is 21.4 Å². The molecule has 0 aliphatic heterocycles. The molecule has 0 aliphatic carbocycles. The minimum atomic E-state index is -0.383. The Hall–Kier alpha value is -5.62. The molecule has 0 radical (unpaired) electrons. The van der Waals surface area contributed by atoms with Gasteiger partial charge in [0.15, 0.2) is 0 Å². The first-order valence-corrected chi connectivity index (χ1v) is 12.1. The number of aryl methyl sites for hydroxylation is 1. The number of fused-ring (bicyclic) bond motifs is 1. The lowest BCUT2D eigenvalue weighted by molar-refractivity contribution is 0.0945. The van der Waals surface area contributed by atoms with Crippen LogP contribution in [0.25, 0.3) is 22.0 Å². The monoisotopic (exact) mass is 516 g/mol. The highest BCUT2D eigenvalue weighted by Crippen LogP contribution is 2.28. The van der Waals surface area contributed by atoms with Crippen LogP contribution in [0.2, 0.25) is 0 Å². The number of carbonyl (C=O) groups is 2. The molecule has 2 amide bonds. The maximum atomic E-state index is 13.0. The standard InChI is InChI=1S/C30H24N6O3/c1-36-17-23(21-6-4-5-19(13-21)15-31)22-14-26(34-27(22)30(36)39)29(38)33-16-18-9-11-20(12-10-18)28(37)35-25-8-3-2-7-24(25)32/h2-14,17,34H,16,32H2,1H3,(H,33,38)(H,35,37). The van der Waals surface area contributed by atoms with Crippen LogP contribution in [0.4, 0.5) is 11.4 Å². The van der Waals surface area contributed by atoms with Gasteiger partial charge in [-0.25, -0.2) is 0 Å². The number of aromatic nitrogens is 2. The van der Waals surface area contributed by atoms with Crippen molar-refractivity contribution >= 4 is 34.1 Å². The lowest BCUT2D eigenvalue weighted by Gasteiger charge is -2.09. The molecule has 3 aromatic carbocycles. The van der Waals surface area contributed by atoms with Gasteiger partial charge in [0.05, 0.1) is 23.0 Å². The number of benzene rings is 3. The summed E-state index contributed by atoms with van der Waals surface area (Å²) >= 11 is 0. The van der Waals surface area contributed by atoms with Gasteiger partial charge in [0, 0.05) is 36.3 Å². The molecule has 0 spiro atoms. The van der Waals surface area contributed by atoms with Crippen molar-refractivity contribution in [3.05, 3.63) is 118 Å². The highest BCUT2D eigenvalue weighted by atomic mass is 16.2. The minimum Gasteiger partial charge on any atom is -0.397 e. The molecule has 0 saturated carbocycles. The summed E-state index contributed by atoms with van der Waals surface area (Å²) in [5.74, 6) is -0.675. The second-order valence-corrected chi connectivity index (χ2v) is 9.04. The number of nitrogens with one attached hydrogen (secondary N) is 3. The molecule has 192 valence electrons. The first-order valence-electron chi connectivity index (χ1n) is 12.1. The van der Waals surface area contributed by atoms with Crippen LogP contribution < -0.4 is 21.9 Å². The van der Waals surface area contributed by atoms with Gasteiger partial charge in [-0.05, 0) is 53.6 Å². The van der Waals surface area contributed by atoms with Crippen LogP contribution in [0, 0.1) is 11.3 Å². The van der Waals surface area contributed by atoms with Crippen LogP contribution in [0.1, 0.15) is 32.0 Å². The molecule has 5 N–H and O–H groups in total. The fraction of sp³-hybridized carbons (Fsp3) is 0.0667. The Kier molecular flexibility index (Phi) is 6.68. The van der Waals surface area contributed by atoms with E-state index in [0.29, 0.717) is 33.4 Å². The highest BCUT2D eigenvalue weighted by molar-refractivity contribution is 6.06. The molecule has 0 aliphatic rings. The van der Waals surface area contributed by atoms with Crippen molar-refractivity contribution in [3.8, 4) is 17.2 Å². The number of pyridine rings is 1. The van der Waals surface area contributed by atoms with E-state index >= 15 is 0 Å². The first kappa shape index (κ1) is 25.0. The lowest BCUT2D eigenvalue weighted by atomic mass is 10.0. The molecular formula is C30H24N6O3. The fourth-order valence-electron chi connectivity index (χ4n) is 4.30. The summed E-state index contributed by atoms with van der Waals surface area (Å²) in [7, 11) is 1.64. The molecule has 2 heterocycles. The van der Waals surface area contributed by atoms with E-state index in [0.717, 1.165) is 16.7 Å². The van der Waals surface area contributed by atoms with Gasteiger partial charge in [-0.2, -0.15) is 5.26 Å². The van der Waals surface area contributed by atoms with E-state index in [9.17, 15) is 19.6 Å². The third-order valence-electron chi connectivity index (χ3n) is 6.39. The van der Waals surface area contributed by atoms with E-state index in [2.05, 4.69) is 21.7 Å². The smallest absolute Gasteiger partial charge is 0.274 e. The topological polar surface area (TPSA) is 146 Å². The molecule has 0 saturated heterocycles. The number of hydrogen-bond acceptors (Lipinski definition) is 5. The maximum Gasteiger partial charge on any atom is 0.274 e. The zero-order valence-corrected chi connectivity index (χ0v) is 21.0. The van der Waals surface area contributed by atoms with Gasteiger partial charge < -0.3 is 25.9 Å². The molecule has 2 aromatic heterocycles. The summed E-state index contributed by atoms with van der Waals surface area (Å²) in [4.78, 5) is 41.3. The van der Waals surface area contributed by atoms with Gasteiger partial charge in [0.2, 0.25) is 0 Å². The Labute approximate surface area is 223 Å². The first-order chi connectivity index (χ1) is 18.8. The van der Waals surface area contributed by atoms with Gasteiger partial charge >= 0.3 is 0 Å². The molecule has 0 fully saturated rings. The van der Waals surface area contributed by atoms with Crippen molar-refractivity contribution in [1.29, 1.82) is 5.26 Å². The minimum absolute atomic E-state index is 0.219. The second kappa shape index (κ2) is 10.4. The Morgan fingerprint density at radius 3 is 2.51 bits per heavy atom. The van der Waals surface area contributed by atoms with Crippen molar-refractivity contribution in [3.63, 3.8) is 0 Å². The normalized spacial score (nSPS) is 10.7. The lowest BCUT2D eigenvalue weighted by Crippen LogP contribution is -2.23. The molecule has 39 heavy (non-hydrogen) atoms. The number of para-hydroxylation sites is 2. The van der Waals surface area contributed by atoms with Crippen LogP contribution in [0.15, 0.2) is 89.9 Å². The fourth-order valence-corrected chi connectivity index (χ4v) is 4.30. The average molecular weight is 517 g/mol. The SMILES string of the molecule is Cn1cc(-c2cccc(C#N)c2)c2cc(C(=O)NCc3ccc(C(=O)Nc4ccccc4N)cc3)[nH]c2c1=O. The Morgan fingerprint density at radius 1 is 1.00 bits per heavy atom. The van der Waals surface area contributed by atoms with Crippen LogP contribution in [0.3, 0.4) is 0 Å². The van der Waals surface area contributed by atoms with E-state index in [4.69, 9.17) is 5.73 Å². The molecule has 0 bridgehead atoms. The van der Waals surface area contributed by atoms with Crippen LogP contribution in [0.5, 0.6) is 0 Å². The molecule has 5 aromatic rings. The average Bonchev–Trinajstić information content (AvgIpc) is 3.41. The summed E-state index contributed by atoms with van der Waals surface area (Å²) in [6.45, 7) is 0.219. The van der Waals surface area contributed by atoms with Crippen LogP contribution >= 0.6 is 0 Å². The molecule has 0 atom stereocenters. The molecule has 9 heteroatoms. The van der Waals surface area contributed by atoms with Crippen LogP contribution in [-0.2, 0) is 13.6 Å². The number of anilines is 2. The highest BCUT2D eigenvalue weighted by Gasteiger charge is 2.17. The molecule has 9 nitrogen and oxygen atoms in total. The van der Waals surface area contributed by atoms with Crippen molar-refractivity contribution < 1.29 is 9.59 Å². The predicted octanol–water partition coefficient (Wildman–Crippen LogP) is 4.17. The van der Waals surface area contributed by atoms with E-state index in [1.807, 2.05) is 6.07 Å². The predicted molar refractivity (Wildman–Crippen MR) is 150 cm³/mol. The Morgan fingerprint density at radius 2 is 1.77 bits per heavy atom. The number of amides is 2. The zero-order valence-electron chi connectivity index (χ0n) is 21.0. The summed E-state index contributed by atoms with van der Waals surface area (Å²) < 4.78 is 1.44. The number of rotatable bonds is 6. The van der Waals surface area contributed by atoms with E-state index in [-0.39, 0.29) is 29.6 Å². The number of carbonyl (C=O) groups excluding carboxylic acids is 2. The van der Waals surface area contributed by atoms with Crippen molar-refractivity contribution in [2.75, 3.05) is 11.1 Å². The summed E-state index contributed by atoms with van der Waals surface area (Å²) in [5, 5.41) is 15.5. The van der Waals surface area contributed by atoms with Gasteiger partial charge in [-0.1, -0.05) is 36.4 Å².